The van der Waals surface area contributed by atoms with Crippen molar-refractivity contribution in [2.24, 2.45) is 5.73 Å². The quantitative estimate of drug-likeness (QED) is 0.564. The highest BCUT2D eigenvalue weighted by molar-refractivity contribution is 9.50. The standard InChI is InChI=1S/C21H20BrNS/c22-24-16-20(23)21(17-10-4-1-5-11-17,18-12-6-2-7-13-18)19-14-8-3-9-15-19/h1-15,20H,16,23H2. The van der Waals surface area contributed by atoms with Crippen molar-refractivity contribution >= 4 is 25.0 Å². The first-order valence-electron chi connectivity index (χ1n) is 7.96. The average Bonchev–Trinajstić information content (AvgIpc) is 2.65. The summed E-state index contributed by atoms with van der Waals surface area (Å²) < 4.78 is 0. The van der Waals surface area contributed by atoms with E-state index in [-0.39, 0.29) is 11.5 Å². The first-order chi connectivity index (χ1) is 11.8. The van der Waals surface area contributed by atoms with Crippen molar-refractivity contribution in [3.63, 3.8) is 0 Å². The third-order valence-electron chi connectivity index (χ3n) is 4.49. The Morgan fingerprint density at radius 2 is 1.04 bits per heavy atom. The number of hydrogen-bond acceptors (Lipinski definition) is 2. The molecule has 0 fully saturated rings. The van der Waals surface area contributed by atoms with Crippen molar-refractivity contribution in [2.45, 2.75) is 11.5 Å². The van der Waals surface area contributed by atoms with Crippen molar-refractivity contribution < 1.29 is 0 Å². The first-order valence-corrected chi connectivity index (χ1v) is 10.8. The molecule has 0 aliphatic heterocycles. The van der Waals surface area contributed by atoms with E-state index in [0.29, 0.717) is 0 Å². The van der Waals surface area contributed by atoms with Crippen LogP contribution in [0, 0.1) is 0 Å². The fourth-order valence-corrected chi connectivity index (χ4v) is 4.68. The van der Waals surface area contributed by atoms with Crippen molar-refractivity contribution in [2.75, 3.05) is 5.75 Å². The minimum atomic E-state index is -0.384. The molecule has 0 saturated heterocycles. The molecule has 0 bridgehead atoms. The fourth-order valence-electron chi connectivity index (χ4n) is 3.44. The third kappa shape index (κ3) is 3.16. The molecule has 3 aromatic carbocycles. The summed E-state index contributed by atoms with van der Waals surface area (Å²) in [6.45, 7) is 0. The molecule has 0 radical (unpaired) electrons. The average molecular weight is 398 g/mol. The van der Waals surface area contributed by atoms with Crippen LogP contribution in [0.3, 0.4) is 0 Å². The second kappa shape index (κ2) is 8.02. The van der Waals surface area contributed by atoms with Gasteiger partial charge in [0.05, 0.1) is 5.41 Å². The first kappa shape index (κ1) is 17.3. The normalized spacial score (nSPS) is 12.8. The molecule has 0 saturated carbocycles. The predicted molar refractivity (Wildman–Crippen MR) is 109 cm³/mol. The zero-order chi connectivity index (χ0) is 16.8. The number of rotatable bonds is 6. The van der Waals surface area contributed by atoms with Crippen LogP contribution in [-0.4, -0.2) is 11.8 Å². The van der Waals surface area contributed by atoms with E-state index < -0.39 is 0 Å². The van der Waals surface area contributed by atoms with E-state index in [1.54, 1.807) is 10.2 Å². The largest absolute Gasteiger partial charge is 0.326 e. The monoisotopic (exact) mass is 397 g/mol. The zero-order valence-corrected chi connectivity index (χ0v) is 15.7. The van der Waals surface area contributed by atoms with Gasteiger partial charge in [0.25, 0.3) is 0 Å². The van der Waals surface area contributed by atoms with Gasteiger partial charge in [0.1, 0.15) is 0 Å². The molecule has 1 atom stereocenters. The molecule has 3 rings (SSSR count). The van der Waals surface area contributed by atoms with Crippen molar-refractivity contribution in [1.82, 2.24) is 0 Å². The molecule has 2 N–H and O–H groups in total. The van der Waals surface area contributed by atoms with Crippen LogP contribution >= 0.6 is 25.0 Å². The topological polar surface area (TPSA) is 26.0 Å². The summed E-state index contributed by atoms with van der Waals surface area (Å²) in [7, 11) is 1.61. The summed E-state index contributed by atoms with van der Waals surface area (Å²) in [6.07, 6.45) is 0. The van der Waals surface area contributed by atoms with Gasteiger partial charge in [-0.1, -0.05) is 101 Å². The molecule has 3 heteroatoms. The van der Waals surface area contributed by atoms with Gasteiger partial charge in [-0.15, -0.1) is 0 Å². The van der Waals surface area contributed by atoms with Gasteiger partial charge < -0.3 is 5.73 Å². The summed E-state index contributed by atoms with van der Waals surface area (Å²) >= 11 is 3.50. The Kier molecular flexibility index (Phi) is 5.77. The van der Waals surface area contributed by atoms with Crippen LogP contribution in [0.15, 0.2) is 91.0 Å². The molecule has 0 heterocycles. The van der Waals surface area contributed by atoms with E-state index in [4.69, 9.17) is 5.73 Å². The van der Waals surface area contributed by atoms with Gasteiger partial charge in [0.2, 0.25) is 0 Å². The van der Waals surface area contributed by atoms with Crippen LogP contribution < -0.4 is 5.73 Å². The SMILES string of the molecule is NC(CSBr)C(c1ccccc1)(c1ccccc1)c1ccccc1. The van der Waals surface area contributed by atoms with Crippen molar-refractivity contribution in [3.8, 4) is 0 Å². The maximum absolute atomic E-state index is 6.81. The summed E-state index contributed by atoms with van der Waals surface area (Å²) in [5.74, 6) is 0.804. The molecule has 122 valence electrons. The highest BCUT2D eigenvalue weighted by atomic mass is 79.9. The van der Waals surface area contributed by atoms with Crippen LogP contribution in [0.1, 0.15) is 16.7 Å². The molecule has 0 amide bonds. The molecule has 0 spiro atoms. The van der Waals surface area contributed by atoms with Gasteiger partial charge in [-0.05, 0) is 31.5 Å². The maximum atomic E-state index is 6.81. The molecular formula is C21H20BrNS. The van der Waals surface area contributed by atoms with Crippen LogP contribution in [-0.2, 0) is 5.41 Å². The predicted octanol–water partition coefficient (Wildman–Crippen LogP) is 5.39. The summed E-state index contributed by atoms with van der Waals surface area (Å²) in [5, 5.41) is 0. The Hall–Kier alpha value is -1.55. The molecular weight excluding hydrogens is 378 g/mol. The minimum absolute atomic E-state index is 0.0749. The summed E-state index contributed by atoms with van der Waals surface area (Å²) in [5.41, 5.74) is 10.1. The van der Waals surface area contributed by atoms with E-state index in [0.717, 1.165) is 5.75 Å². The Bertz CT molecular complexity index is 650. The number of hydrogen-bond donors (Lipinski definition) is 1. The van der Waals surface area contributed by atoms with Gasteiger partial charge >= 0.3 is 0 Å². The minimum Gasteiger partial charge on any atom is -0.326 e. The molecule has 0 aromatic heterocycles. The Morgan fingerprint density at radius 3 is 1.33 bits per heavy atom. The van der Waals surface area contributed by atoms with E-state index >= 15 is 0 Å². The fraction of sp³-hybridized carbons (Fsp3) is 0.143. The van der Waals surface area contributed by atoms with E-state index in [9.17, 15) is 0 Å². The lowest BCUT2D eigenvalue weighted by Crippen LogP contribution is -2.48. The number of nitrogens with two attached hydrogens (primary N) is 1. The van der Waals surface area contributed by atoms with E-state index in [1.165, 1.54) is 16.7 Å². The zero-order valence-electron chi connectivity index (χ0n) is 13.3. The molecule has 3 aromatic rings. The number of benzene rings is 3. The lowest BCUT2D eigenvalue weighted by Gasteiger charge is -2.40. The van der Waals surface area contributed by atoms with Gasteiger partial charge in [0.15, 0.2) is 0 Å². The van der Waals surface area contributed by atoms with Gasteiger partial charge in [-0.3, -0.25) is 0 Å². The van der Waals surface area contributed by atoms with Crippen molar-refractivity contribution in [3.05, 3.63) is 108 Å². The number of halogens is 1. The highest BCUT2D eigenvalue weighted by Crippen LogP contribution is 2.42. The van der Waals surface area contributed by atoms with Crippen LogP contribution in [0.4, 0.5) is 0 Å². The van der Waals surface area contributed by atoms with Crippen LogP contribution in [0.2, 0.25) is 0 Å². The van der Waals surface area contributed by atoms with Gasteiger partial charge in [-0.2, -0.15) is 0 Å². The molecule has 1 unspecified atom stereocenters. The lowest BCUT2D eigenvalue weighted by atomic mass is 9.65. The van der Waals surface area contributed by atoms with E-state index in [1.807, 2.05) is 0 Å². The highest BCUT2D eigenvalue weighted by Gasteiger charge is 2.41. The molecule has 0 aliphatic carbocycles. The lowest BCUT2D eigenvalue weighted by molar-refractivity contribution is 0.513. The molecule has 24 heavy (non-hydrogen) atoms. The molecule has 1 nitrogen and oxygen atoms in total. The second-order valence-corrected chi connectivity index (χ2v) is 7.71. The second-order valence-electron chi connectivity index (χ2n) is 5.79. The maximum Gasteiger partial charge on any atom is 0.0610 e. The van der Waals surface area contributed by atoms with E-state index in [2.05, 4.69) is 106 Å². The van der Waals surface area contributed by atoms with Crippen molar-refractivity contribution in [1.29, 1.82) is 0 Å². The Balaban J connectivity index is 2.33. The third-order valence-corrected chi connectivity index (χ3v) is 5.76. The summed E-state index contributed by atoms with van der Waals surface area (Å²) in [6, 6.07) is 31.7. The van der Waals surface area contributed by atoms with Crippen LogP contribution in [0.25, 0.3) is 0 Å². The smallest absolute Gasteiger partial charge is 0.0610 e. The van der Waals surface area contributed by atoms with Gasteiger partial charge in [-0.25, -0.2) is 0 Å². The summed E-state index contributed by atoms with van der Waals surface area (Å²) in [4.78, 5) is 0. The van der Waals surface area contributed by atoms with Gasteiger partial charge in [0, 0.05) is 11.8 Å². The van der Waals surface area contributed by atoms with Crippen LogP contribution in [0.5, 0.6) is 0 Å². The molecule has 0 aliphatic rings. The Morgan fingerprint density at radius 1 is 0.708 bits per heavy atom. The Labute approximate surface area is 155 Å².